The summed E-state index contributed by atoms with van der Waals surface area (Å²) in [6, 6.07) is 0. The van der Waals surface area contributed by atoms with Crippen LogP contribution in [0.3, 0.4) is 0 Å². The van der Waals surface area contributed by atoms with E-state index in [1.165, 1.54) is 24.8 Å². The maximum Gasteiger partial charge on any atom is 0.252 e. The molecule has 2 fully saturated rings. The Morgan fingerprint density at radius 1 is 1.64 bits per heavy atom. The number of carbonyl (C=O) groups excluding carboxylic acids is 1. The fourth-order valence-electron chi connectivity index (χ4n) is 1.48. The average molecular weight is 213 g/mol. The first-order valence-electron chi connectivity index (χ1n) is 4.79. The Balaban J connectivity index is 1.85. The molecule has 2 rings (SSSR count). The van der Waals surface area contributed by atoms with Crippen LogP contribution in [0.1, 0.15) is 19.3 Å². The van der Waals surface area contributed by atoms with Crippen LogP contribution < -0.4 is 16.0 Å². The van der Waals surface area contributed by atoms with Gasteiger partial charge in [0.25, 0.3) is 5.91 Å². The number of nitrogens with two attached hydrogens (primary N) is 1. The molecule has 0 aromatic rings. The Hall–Kier alpha value is -0.520. The molecule has 5 heteroatoms. The van der Waals surface area contributed by atoms with Gasteiger partial charge in [-0.1, -0.05) is 6.08 Å². The number of hydrazine groups is 1. The van der Waals surface area contributed by atoms with Gasteiger partial charge in [-0.05, 0) is 31.2 Å². The van der Waals surface area contributed by atoms with Crippen LogP contribution in [-0.2, 0) is 4.79 Å². The first kappa shape index (κ1) is 10.0. The largest absolute Gasteiger partial charge is 0.298 e. The van der Waals surface area contributed by atoms with Crippen molar-refractivity contribution in [2.75, 3.05) is 0 Å². The number of hydrogen-bond acceptors (Lipinski definition) is 4. The maximum atomic E-state index is 11.7. The van der Waals surface area contributed by atoms with E-state index in [0.717, 1.165) is 6.42 Å². The molecule has 0 aliphatic heterocycles. The Bertz CT molecular complexity index is 267. The summed E-state index contributed by atoms with van der Waals surface area (Å²) >= 11 is 1.52. The second-order valence-corrected chi connectivity index (χ2v) is 5.02. The third-order valence-electron chi connectivity index (χ3n) is 2.80. The summed E-state index contributed by atoms with van der Waals surface area (Å²) < 4.78 is 2.85. The third kappa shape index (κ3) is 1.67. The molecule has 14 heavy (non-hydrogen) atoms. The molecule has 4 N–H and O–H groups in total. The smallest absolute Gasteiger partial charge is 0.252 e. The highest BCUT2D eigenvalue weighted by molar-refractivity contribution is 7.98. The van der Waals surface area contributed by atoms with Gasteiger partial charge in [0.15, 0.2) is 0 Å². The van der Waals surface area contributed by atoms with Crippen molar-refractivity contribution in [3.05, 3.63) is 12.7 Å². The Labute approximate surface area is 87.8 Å². The van der Waals surface area contributed by atoms with Crippen molar-refractivity contribution in [1.29, 1.82) is 0 Å². The topological polar surface area (TPSA) is 67.1 Å². The molecule has 0 bridgehead atoms. The van der Waals surface area contributed by atoms with Crippen LogP contribution in [-0.4, -0.2) is 16.7 Å². The Kier molecular flexibility index (Phi) is 2.55. The zero-order valence-corrected chi connectivity index (χ0v) is 8.77. The van der Waals surface area contributed by atoms with Crippen molar-refractivity contribution in [2.45, 2.75) is 30.1 Å². The minimum atomic E-state index is -0.580. The second-order valence-electron chi connectivity index (χ2n) is 3.91. The summed E-state index contributed by atoms with van der Waals surface area (Å²) in [5.41, 5.74) is 2.02. The van der Waals surface area contributed by atoms with E-state index >= 15 is 0 Å². The minimum Gasteiger partial charge on any atom is -0.298 e. The summed E-state index contributed by atoms with van der Waals surface area (Å²) in [7, 11) is 0. The monoisotopic (exact) mass is 213 g/mol. The number of hydrogen-bond donors (Lipinski definition) is 3. The summed E-state index contributed by atoms with van der Waals surface area (Å²) in [4.78, 5) is 11.7. The number of carbonyl (C=O) groups is 1. The van der Waals surface area contributed by atoms with E-state index in [-0.39, 0.29) is 11.8 Å². The van der Waals surface area contributed by atoms with Gasteiger partial charge in [0.1, 0.15) is 5.54 Å². The van der Waals surface area contributed by atoms with Crippen LogP contribution >= 0.6 is 11.9 Å². The third-order valence-corrected chi connectivity index (χ3v) is 3.91. The molecule has 0 aromatic heterocycles. The van der Waals surface area contributed by atoms with Gasteiger partial charge in [-0.2, -0.15) is 0 Å². The highest BCUT2D eigenvalue weighted by Crippen LogP contribution is 2.44. The summed E-state index contributed by atoms with van der Waals surface area (Å²) in [6.07, 6.45) is 4.95. The molecule has 1 amide bonds. The van der Waals surface area contributed by atoms with Crippen LogP contribution in [0, 0.1) is 5.92 Å². The molecule has 0 radical (unpaired) electrons. The van der Waals surface area contributed by atoms with E-state index < -0.39 is 5.54 Å². The molecule has 2 saturated carbocycles. The summed E-state index contributed by atoms with van der Waals surface area (Å²) in [5.74, 6) is 5.55. The molecule has 2 aliphatic carbocycles. The lowest BCUT2D eigenvalue weighted by atomic mass is 10.2. The molecule has 0 saturated heterocycles. The number of nitrogens with one attached hydrogen (secondary N) is 2. The molecule has 2 unspecified atom stereocenters. The molecular formula is C9H15N3OS. The van der Waals surface area contributed by atoms with Crippen LogP contribution in [0.15, 0.2) is 12.7 Å². The molecule has 4 nitrogen and oxygen atoms in total. The van der Waals surface area contributed by atoms with Gasteiger partial charge >= 0.3 is 0 Å². The first-order valence-corrected chi connectivity index (χ1v) is 5.67. The molecule has 0 spiro atoms. The standard InChI is InChI=1S/C9H15N3OS/c1-2-6-5-9(6,12-10)8(13)11-14-7-3-4-7/h2,6-7,12H,1,3-5,10H2,(H,11,13). The molecular weight excluding hydrogens is 198 g/mol. The first-order chi connectivity index (χ1) is 6.73. The predicted octanol–water partition coefficient (Wildman–Crippen LogP) is 0.321. The Morgan fingerprint density at radius 3 is 2.79 bits per heavy atom. The normalized spacial score (nSPS) is 35.1. The fourth-order valence-corrected chi connectivity index (χ4v) is 2.31. The zero-order valence-electron chi connectivity index (χ0n) is 7.95. The van der Waals surface area contributed by atoms with Gasteiger partial charge in [-0.3, -0.25) is 15.4 Å². The van der Waals surface area contributed by atoms with E-state index in [4.69, 9.17) is 5.84 Å². The molecule has 78 valence electrons. The van der Waals surface area contributed by atoms with E-state index in [0.29, 0.717) is 5.25 Å². The van der Waals surface area contributed by atoms with Crippen LogP contribution in [0.2, 0.25) is 0 Å². The van der Waals surface area contributed by atoms with Gasteiger partial charge in [0.2, 0.25) is 0 Å². The summed E-state index contributed by atoms with van der Waals surface area (Å²) in [6.45, 7) is 3.67. The lowest BCUT2D eigenvalue weighted by Crippen LogP contribution is -2.49. The van der Waals surface area contributed by atoms with E-state index in [9.17, 15) is 4.79 Å². The van der Waals surface area contributed by atoms with E-state index in [1.807, 2.05) is 0 Å². The van der Waals surface area contributed by atoms with Crippen molar-refractivity contribution in [3.8, 4) is 0 Å². The van der Waals surface area contributed by atoms with Crippen molar-refractivity contribution in [2.24, 2.45) is 11.8 Å². The van der Waals surface area contributed by atoms with Crippen LogP contribution in [0.5, 0.6) is 0 Å². The van der Waals surface area contributed by atoms with Gasteiger partial charge in [-0.25, -0.2) is 5.43 Å². The molecule has 0 heterocycles. The molecule has 0 aromatic carbocycles. The predicted molar refractivity (Wildman–Crippen MR) is 57.1 cm³/mol. The van der Waals surface area contributed by atoms with Crippen molar-refractivity contribution in [3.63, 3.8) is 0 Å². The van der Waals surface area contributed by atoms with E-state index in [1.54, 1.807) is 6.08 Å². The van der Waals surface area contributed by atoms with Gasteiger partial charge < -0.3 is 0 Å². The van der Waals surface area contributed by atoms with E-state index in [2.05, 4.69) is 16.7 Å². The number of amides is 1. The summed E-state index contributed by atoms with van der Waals surface area (Å²) in [5, 5.41) is 0.620. The van der Waals surface area contributed by atoms with Crippen molar-refractivity contribution < 1.29 is 4.79 Å². The minimum absolute atomic E-state index is 0.0122. The Morgan fingerprint density at radius 2 is 2.36 bits per heavy atom. The maximum absolute atomic E-state index is 11.7. The van der Waals surface area contributed by atoms with Gasteiger partial charge in [0, 0.05) is 11.2 Å². The van der Waals surface area contributed by atoms with Crippen LogP contribution in [0.25, 0.3) is 0 Å². The highest BCUT2D eigenvalue weighted by atomic mass is 32.2. The average Bonchev–Trinajstić information content (AvgIpc) is 3.08. The van der Waals surface area contributed by atoms with Crippen molar-refractivity contribution in [1.82, 2.24) is 10.1 Å². The van der Waals surface area contributed by atoms with Gasteiger partial charge in [-0.15, -0.1) is 6.58 Å². The van der Waals surface area contributed by atoms with Crippen LogP contribution in [0.4, 0.5) is 0 Å². The SMILES string of the molecule is C=CC1CC1(NN)C(=O)NSC1CC1. The quantitative estimate of drug-likeness (QED) is 0.266. The molecule has 2 atom stereocenters. The fraction of sp³-hybridized carbons (Fsp3) is 0.667. The van der Waals surface area contributed by atoms with Gasteiger partial charge in [0.05, 0.1) is 0 Å². The lowest BCUT2D eigenvalue weighted by molar-refractivity contribution is -0.122. The van der Waals surface area contributed by atoms with Crippen molar-refractivity contribution >= 4 is 17.9 Å². The zero-order chi connectivity index (χ0) is 10.2. The number of rotatable bonds is 5. The highest BCUT2D eigenvalue weighted by Gasteiger charge is 2.58. The second kappa shape index (κ2) is 3.56. The lowest BCUT2D eigenvalue weighted by Gasteiger charge is -2.14. The molecule has 2 aliphatic rings.